The van der Waals surface area contributed by atoms with Gasteiger partial charge >= 0.3 is 0 Å². The van der Waals surface area contributed by atoms with Crippen LogP contribution in [-0.4, -0.2) is 28.2 Å². The Kier molecular flexibility index (Phi) is 3.29. The lowest BCUT2D eigenvalue weighted by Gasteiger charge is -2.26. The van der Waals surface area contributed by atoms with Crippen LogP contribution in [0.2, 0.25) is 0 Å². The van der Waals surface area contributed by atoms with E-state index in [-0.39, 0.29) is 35.0 Å². The first-order valence-electron chi connectivity index (χ1n) is 6.63. The molecule has 0 radical (unpaired) electrons. The van der Waals surface area contributed by atoms with Gasteiger partial charge in [-0.25, -0.2) is 0 Å². The van der Waals surface area contributed by atoms with Crippen LogP contribution in [0.1, 0.15) is 28.4 Å². The van der Waals surface area contributed by atoms with Gasteiger partial charge in [0.1, 0.15) is 23.2 Å². The van der Waals surface area contributed by atoms with Crippen molar-refractivity contribution in [3.8, 4) is 28.7 Å². The van der Waals surface area contributed by atoms with Crippen LogP contribution in [0.5, 0.6) is 28.7 Å². The molecule has 0 saturated carbocycles. The van der Waals surface area contributed by atoms with Crippen molar-refractivity contribution < 1.29 is 29.6 Å². The molecule has 0 aliphatic carbocycles. The van der Waals surface area contributed by atoms with Gasteiger partial charge in [-0.2, -0.15) is 0 Å². The summed E-state index contributed by atoms with van der Waals surface area (Å²) in [6, 6.07) is 7.71. The molecule has 1 atom stereocenters. The molecule has 1 aliphatic heterocycles. The fourth-order valence-corrected chi connectivity index (χ4v) is 2.47. The third-order valence-corrected chi connectivity index (χ3v) is 3.61. The zero-order chi connectivity index (χ0) is 15.9. The van der Waals surface area contributed by atoms with Gasteiger partial charge in [-0.1, -0.05) is 12.1 Å². The van der Waals surface area contributed by atoms with Crippen molar-refractivity contribution in [2.24, 2.45) is 0 Å². The molecule has 2 aromatic rings. The lowest BCUT2D eigenvalue weighted by atomic mass is 9.95. The molecule has 0 saturated heterocycles. The van der Waals surface area contributed by atoms with Gasteiger partial charge in [-0.15, -0.1) is 0 Å². The molecular weight excluding hydrogens is 288 g/mol. The van der Waals surface area contributed by atoms with Crippen LogP contribution < -0.4 is 9.47 Å². The van der Waals surface area contributed by atoms with Crippen LogP contribution >= 0.6 is 0 Å². The lowest BCUT2D eigenvalue weighted by Crippen LogP contribution is -2.20. The first-order chi connectivity index (χ1) is 10.5. The van der Waals surface area contributed by atoms with Crippen LogP contribution in [-0.2, 0) is 0 Å². The topological polar surface area (TPSA) is 96.2 Å². The van der Waals surface area contributed by atoms with Gasteiger partial charge in [0.2, 0.25) is 5.75 Å². The highest BCUT2D eigenvalue weighted by molar-refractivity contribution is 6.03. The van der Waals surface area contributed by atoms with E-state index < -0.39 is 17.6 Å². The fourth-order valence-electron chi connectivity index (χ4n) is 2.47. The lowest BCUT2D eigenvalue weighted by molar-refractivity contribution is 0.0843. The molecular formula is C16H14O6. The Hall–Kier alpha value is -2.89. The molecule has 3 N–H and O–H groups in total. The number of rotatable bonds is 2. The number of phenols is 3. The van der Waals surface area contributed by atoms with Gasteiger partial charge in [0, 0.05) is 6.07 Å². The van der Waals surface area contributed by atoms with Gasteiger partial charge in [-0.05, 0) is 17.7 Å². The maximum absolute atomic E-state index is 12.3. The molecule has 0 amide bonds. The molecule has 3 rings (SSSR count). The molecule has 0 bridgehead atoms. The van der Waals surface area contributed by atoms with Crippen molar-refractivity contribution in [3.63, 3.8) is 0 Å². The molecule has 1 aliphatic rings. The Bertz CT molecular complexity index is 735. The number of methoxy groups -OCH3 is 1. The Labute approximate surface area is 126 Å². The second-order valence-electron chi connectivity index (χ2n) is 4.97. The predicted molar refractivity (Wildman–Crippen MR) is 76.7 cm³/mol. The van der Waals surface area contributed by atoms with Crippen LogP contribution in [0.3, 0.4) is 0 Å². The maximum Gasteiger partial charge on any atom is 0.201 e. The van der Waals surface area contributed by atoms with E-state index in [1.165, 1.54) is 25.3 Å². The van der Waals surface area contributed by atoms with E-state index in [9.17, 15) is 20.1 Å². The van der Waals surface area contributed by atoms with E-state index in [4.69, 9.17) is 9.47 Å². The number of benzene rings is 2. The Morgan fingerprint density at radius 2 is 1.82 bits per heavy atom. The number of hydrogen-bond donors (Lipinski definition) is 3. The molecule has 6 heteroatoms. The van der Waals surface area contributed by atoms with E-state index >= 15 is 0 Å². The molecule has 114 valence electrons. The summed E-state index contributed by atoms with van der Waals surface area (Å²) in [5, 5.41) is 29.0. The summed E-state index contributed by atoms with van der Waals surface area (Å²) in [7, 11) is 1.34. The Morgan fingerprint density at radius 3 is 2.45 bits per heavy atom. The standard InChI is InChI=1S/C16H14O6/c1-21-13-7-12-14(16(20)15(13)19)10(18)6-11(22-12)8-2-4-9(17)5-3-8/h2-5,7,11,17,19-20H,6H2,1H3/t11-/m0/s1. The quantitative estimate of drug-likeness (QED) is 0.738. The van der Waals surface area contributed by atoms with Crippen molar-refractivity contribution in [2.75, 3.05) is 7.11 Å². The number of Topliss-reactive ketones (excluding diaryl/α,β-unsaturated/α-hetero) is 1. The van der Waals surface area contributed by atoms with Crippen molar-refractivity contribution in [3.05, 3.63) is 41.5 Å². The highest BCUT2D eigenvalue weighted by Gasteiger charge is 2.33. The minimum absolute atomic E-state index is 0.0235. The first kappa shape index (κ1) is 14.1. The summed E-state index contributed by atoms with van der Waals surface area (Å²) < 4.78 is 10.7. The van der Waals surface area contributed by atoms with Gasteiger partial charge in [0.05, 0.1) is 13.5 Å². The minimum Gasteiger partial charge on any atom is -0.508 e. The van der Waals surface area contributed by atoms with Crippen molar-refractivity contribution in [1.82, 2.24) is 0 Å². The average molecular weight is 302 g/mol. The third kappa shape index (κ3) is 2.18. The number of ether oxygens (including phenoxy) is 2. The predicted octanol–water partition coefficient (Wildman–Crippen LogP) is 2.52. The van der Waals surface area contributed by atoms with Gasteiger partial charge in [0.15, 0.2) is 17.3 Å². The van der Waals surface area contributed by atoms with Crippen molar-refractivity contribution in [1.29, 1.82) is 0 Å². The maximum atomic E-state index is 12.3. The van der Waals surface area contributed by atoms with E-state index in [0.717, 1.165) is 5.56 Å². The van der Waals surface area contributed by atoms with Gasteiger partial charge in [-0.3, -0.25) is 4.79 Å². The number of carbonyl (C=O) groups excluding carboxylic acids is 1. The zero-order valence-corrected chi connectivity index (χ0v) is 11.7. The summed E-state index contributed by atoms with van der Waals surface area (Å²) >= 11 is 0. The SMILES string of the molecule is COc1cc2c(c(O)c1O)C(=O)C[C@@H](c1ccc(O)cc1)O2. The van der Waals surface area contributed by atoms with E-state index in [2.05, 4.69) is 0 Å². The van der Waals surface area contributed by atoms with E-state index in [1.54, 1.807) is 12.1 Å². The molecule has 0 aromatic heterocycles. The molecule has 2 aromatic carbocycles. The summed E-state index contributed by atoms with van der Waals surface area (Å²) in [4.78, 5) is 12.3. The second kappa shape index (κ2) is 5.14. The Balaban J connectivity index is 2.03. The molecule has 1 heterocycles. The normalized spacial score (nSPS) is 16.8. The first-order valence-corrected chi connectivity index (χ1v) is 6.63. The number of fused-ring (bicyclic) bond motifs is 1. The van der Waals surface area contributed by atoms with E-state index in [0.29, 0.717) is 0 Å². The van der Waals surface area contributed by atoms with Crippen molar-refractivity contribution in [2.45, 2.75) is 12.5 Å². The third-order valence-electron chi connectivity index (χ3n) is 3.61. The summed E-state index contributed by atoms with van der Waals surface area (Å²) in [5.74, 6) is -1.06. The van der Waals surface area contributed by atoms with Crippen LogP contribution in [0.4, 0.5) is 0 Å². The number of aromatic hydroxyl groups is 3. The Morgan fingerprint density at radius 1 is 1.14 bits per heavy atom. The molecule has 0 spiro atoms. The van der Waals surface area contributed by atoms with Gasteiger partial charge in [0.25, 0.3) is 0 Å². The fraction of sp³-hybridized carbons (Fsp3) is 0.188. The van der Waals surface area contributed by atoms with Crippen LogP contribution in [0, 0.1) is 0 Å². The molecule has 0 unspecified atom stereocenters. The molecule has 22 heavy (non-hydrogen) atoms. The largest absolute Gasteiger partial charge is 0.508 e. The number of carbonyl (C=O) groups is 1. The zero-order valence-electron chi connectivity index (χ0n) is 11.7. The van der Waals surface area contributed by atoms with Gasteiger partial charge < -0.3 is 24.8 Å². The number of phenolic OH excluding ortho intramolecular Hbond substituents is 3. The smallest absolute Gasteiger partial charge is 0.201 e. The number of hydrogen-bond acceptors (Lipinski definition) is 6. The minimum atomic E-state index is -0.538. The number of ketones is 1. The van der Waals surface area contributed by atoms with Crippen LogP contribution in [0.25, 0.3) is 0 Å². The summed E-state index contributed by atoms with van der Waals surface area (Å²) in [6.07, 6.45) is -0.508. The van der Waals surface area contributed by atoms with Crippen LogP contribution in [0.15, 0.2) is 30.3 Å². The monoisotopic (exact) mass is 302 g/mol. The van der Waals surface area contributed by atoms with Crippen molar-refractivity contribution >= 4 is 5.78 Å². The average Bonchev–Trinajstić information content (AvgIpc) is 2.51. The van der Waals surface area contributed by atoms with E-state index in [1.807, 2.05) is 0 Å². The highest BCUT2D eigenvalue weighted by atomic mass is 16.5. The second-order valence-corrected chi connectivity index (χ2v) is 4.97. The molecule has 0 fully saturated rings. The highest BCUT2D eigenvalue weighted by Crippen LogP contribution is 2.48. The molecule has 6 nitrogen and oxygen atoms in total. The summed E-state index contributed by atoms with van der Waals surface area (Å²) in [5.41, 5.74) is 0.677. The summed E-state index contributed by atoms with van der Waals surface area (Å²) in [6.45, 7) is 0.